The van der Waals surface area contributed by atoms with Crippen molar-refractivity contribution in [2.24, 2.45) is 0 Å². The molecule has 0 saturated heterocycles. The van der Waals surface area contributed by atoms with Gasteiger partial charge in [0.2, 0.25) is 0 Å². The van der Waals surface area contributed by atoms with Crippen molar-refractivity contribution >= 4 is 17.5 Å². The van der Waals surface area contributed by atoms with Gasteiger partial charge < -0.3 is 9.47 Å². The standard InChI is InChI=1S/C21H15F3N2O5/c22-21(23,24)31-19-9-5-4-8-18(19)25(14-15-6-2-1-3-7-15)20(27)30-17-12-10-16(11-13-17)26(28)29/h1-13H,14H2. The van der Waals surface area contributed by atoms with Gasteiger partial charge in [-0.15, -0.1) is 13.2 Å². The lowest BCUT2D eigenvalue weighted by Gasteiger charge is -2.24. The van der Waals surface area contributed by atoms with Crippen LogP contribution in [0.15, 0.2) is 78.9 Å². The molecule has 1 amide bonds. The van der Waals surface area contributed by atoms with Gasteiger partial charge in [-0.05, 0) is 29.8 Å². The van der Waals surface area contributed by atoms with Crippen LogP contribution in [-0.2, 0) is 6.54 Å². The molecular formula is C21H15F3N2O5. The van der Waals surface area contributed by atoms with Crippen LogP contribution in [0.2, 0.25) is 0 Å². The molecule has 0 unspecified atom stereocenters. The van der Waals surface area contributed by atoms with Crippen molar-refractivity contribution in [3.05, 3.63) is 94.5 Å². The van der Waals surface area contributed by atoms with E-state index in [4.69, 9.17) is 4.74 Å². The van der Waals surface area contributed by atoms with Gasteiger partial charge >= 0.3 is 12.5 Å². The predicted molar refractivity (Wildman–Crippen MR) is 105 cm³/mol. The minimum Gasteiger partial charge on any atom is -0.410 e. The molecule has 0 spiro atoms. The molecule has 0 radical (unpaired) electrons. The van der Waals surface area contributed by atoms with E-state index in [1.807, 2.05) is 0 Å². The second kappa shape index (κ2) is 9.16. The van der Waals surface area contributed by atoms with Gasteiger partial charge in [-0.3, -0.25) is 15.0 Å². The van der Waals surface area contributed by atoms with Gasteiger partial charge in [0.1, 0.15) is 5.75 Å². The lowest BCUT2D eigenvalue weighted by molar-refractivity contribution is -0.384. The molecule has 7 nitrogen and oxygen atoms in total. The quantitative estimate of drug-likeness (QED) is 0.369. The summed E-state index contributed by atoms with van der Waals surface area (Å²) in [7, 11) is 0. The number of alkyl halides is 3. The van der Waals surface area contributed by atoms with Gasteiger partial charge in [-0.25, -0.2) is 4.79 Å². The van der Waals surface area contributed by atoms with Crippen LogP contribution in [0, 0.1) is 10.1 Å². The van der Waals surface area contributed by atoms with Crippen LogP contribution in [0.1, 0.15) is 5.56 Å². The number of nitro groups is 1. The number of hydrogen-bond donors (Lipinski definition) is 0. The van der Waals surface area contributed by atoms with E-state index in [-0.39, 0.29) is 23.7 Å². The number of carbonyl (C=O) groups is 1. The number of para-hydroxylation sites is 2. The molecule has 10 heteroatoms. The van der Waals surface area contributed by atoms with Gasteiger partial charge in [0.25, 0.3) is 5.69 Å². The molecule has 0 aromatic heterocycles. The largest absolute Gasteiger partial charge is 0.573 e. The molecule has 0 bridgehead atoms. The summed E-state index contributed by atoms with van der Waals surface area (Å²) in [5.41, 5.74) is 0.269. The third-order valence-corrected chi connectivity index (χ3v) is 4.04. The predicted octanol–water partition coefficient (Wildman–Crippen LogP) is 5.70. The zero-order chi connectivity index (χ0) is 22.4. The first-order chi connectivity index (χ1) is 14.7. The van der Waals surface area contributed by atoms with Gasteiger partial charge in [-0.2, -0.15) is 0 Å². The molecule has 3 aromatic rings. The maximum absolute atomic E-state index is 12.9. The molecule has 0 aliphatic heterocycles. The van der Waals surface area contributed by atoms with Crippen molar-refractivity contribution in [1.82, 2.24) is 0 Å². The number of amides is 1. The number of anilines is 1. The van der Waals surface area contributed by atoms with E-state index in [9.17, 15) is 28.1 Å². The van der Waals surface area contributed by atoms with E-state index in [1.165, 1.54) is 30.3 Å². The Labute approximate surface area is 174 Å². The maximum atomic E-state index is 12.9. The minimum atomic E-state index is -4.96. The van der Waals surface area contributed by atoms with Gasteiger partial charge in [0, 0.05) is 12.1 Å². The topological polar surface area (TPSA) is 81.9 Å². The van der Waals surface area contributed by atoms with Crippen LogP contribution in [0.5, 0.6) is 11.5 Å². The van der Waals surface area contributed by atoms with E-state index in [1.54, 1.807) is 30.3 Å². The molecule has 3 rings (SSSR count). The number of hydrogen-bond acceptors (Lipinski definition) is 5. The number of benzene rings is 3. The Balaban J connectivity index is 1.93. The summed E-state index contributed by atoms with van der Waals surface area (Å²) < 4.78 is 47.9. The Morgan fingerprint density at radius 3 is 2.16 bits per heavy atom. The highest BCUT2D eigenvalue weighted by Crippen LogP contribution is 2.34. The summed E-state index contributed by atoms with van der Waals surface area (Å²) in [6, 6.07) is 18.5. The first-order valence-electron chi connectivity index (χ1n) is 8.85. The van der Waals surface area contributed by atoms with Crippen LogP contribution >= 0.6 is 0 Å². The molecular weight excluding hydrogens is 417 g/mol. The van der Waals surface area contributed by atoms with Crippen LogP contribution < -0.4 is 14.4 Å². The highest BCUT2D eigenvalue weighted by Gasteiger charge is 2.33. The lowest BCUT2D eigenvalue weighted by atomic mass is 10.2. The summed E-state index contributed by atoms with van der Waals surface area (Å²) in [5.74, 6) is -0.588. The Bertz CT molecular complexity index is 1060. The van der Waals surface area contributed by atoms with Crippen molar-refractivity contribution in [2.75, 3.05) is 4.90 Å². The van der Waals surface area contributed by atoms with Crippen molar-refractivity contribution in [1.29, 1.82) is 0 Å². The fraction of sp³-hybridized carbons (Fsp3) is 0.0952. The van der Waals surface area contributed by atoms with Crippen molar-refractivity contribution in [3.8, 4) is 11.5 Å². The van der Waals surface area contributed by atoms with Crippen molar-refractivity contribution in [3.63, 3.8) is 0 Å². The van der Waals surface area contributed by atoms with E-state index in [0.29, 0.717) is 5.56 Å². The molecule has 0 fully saturated rings. The second-order valence-corrected chi connectivity index (χ2v) is 6.21. The van der Waals surface area contributed by atoms with Crippen molar-refractivity contribution < 1.29 is 32.4 Å². The molecule has 31 heavy (non-hydrogen) atoms. The van der Waals surface area contributed by atoms with Crippen LogP contribution in [0.3, 0.4) is 0 Å². The molecule has 0 aliphatic carbocycles. The minimum absolute atomic E-state index is 0.0112. The third kappa shape index (κ3) is 5.95. The van der Waals surface area contributed by atoms with Gasteiger partial charge in [0.05, 0.1) is 17.2 Å². The molecule has 0 saturated carbocycles. The van der Waals surface area contributed by atoms with Crippen LogP contribution in [0.25, 0.3) is 0 Å². The van der Waals surface area contributed by atoms with E-state index >= 15 is 0 Å². The fourth-order valence-electron chi connectivity index (χ4n) is 2.70. The molecule has 160 valence electrons. The number of nitrogens with zero attached hydrogens (tertiary/aromatic N) is 2. The smallest absolute Gasteiger partial charge is 0.410 e. The summed E-state index contributed by atoms with van der Waals surface area (Å²) in [6.07, 6.45) is -5.95. The fourth-order valence-corrected chi connectivity index (χ4v) is 2.70. The monoisotopic (exact) mass is 432 g/mol. The number of carbonyl (C=O) groups excluding carboxylic acids is 1. The average Bonchev–Trinajstić information content (AvgIpc) is 2.72. The highest BCUT2D eigenvalue weighted by atomic mass is 19.4. The average molecular weight is 432 g/mol. The summed E-state index contributed by atoms with van der Waals surface area (Å²) in [6.45, 7) is -0.106. The molecule has 3 aromatic carbocycles. The first-order valence-corrected chi connectivity index (χ1v) is 8.85. The summed E-state index contributed by atoms with van der Waals surface area (Å²) in [5, 5.41) is 10.8. The zero-order valence-corrected chi connectivity index (χ0v) is 15.8. The van der Waals surface area contributed by atoms with Crippen LogP contribution in [0.4, 0.5) is 29.3 Å². The van der Waals surface area contributed by atoms with Gasteiger partial charge in [0.15, 0.2) is 5.75 Å². The summed E-state index contributed by atoms with van der Waals surface area (Å²) in [4.78, 5) is 24.0. The number of nitro benzene ring substituents is 1. The Morgan fingerprint density at radius 2 is 1.55 bits per heavy atom. The second-order valence-electron chi connectivity index (χ2n) is 6.21. The van der Waals surface area contributed by atoms with Crippen molar-refractivity contribution in [2.45, 2.75) is 12.9 Å². The third-order valence-electron chi connectivity index (χ3n) is 4.04. The maximum Gasteiger partial charge on any atom is 0.573 e. The SMILES string of the molecule is O=C(Oc1ccc([N+](=O)[O-])cc1)N(Cc1ccccc1)c1ccccc1OC(F)(F)F. The molecule has 0 aliphatic rings. The number of non-ortho nitro benzene ring substituents is 1. The Kier molecular flexibility index (Phi) is 6.39. The zero-order valence-electron chi connectivity index (χ0n) is 15.8. The van der Waals surface area contributed by atoms with Gasteiger partial charge in [-0.1, -0.05) is 42.5 Å². The van der Waals surface area contributed by atoms with E-state index < -0.39 is 23.1 Å². The Hall–Kier alpha value is -4.08. The number of ether oxygens (including phenoxy) is 2. The highest BCUT2D eigenvalue weighted by molar-refractivity contribution is 5.91. The van der Waals surface area contributed by atoms with E-state index in [0.717, 1.165) is 23.1 Å². The lowest BCUT2D eigenvalue weighted by Crippen LogP contribution is -2.34. The summed E-state index contributed by atoms with van der Waals surface area (Å²) >= 11 is 0. The normalized spacial score (nSPS) is 10.9. The first kappa shape index (κ1) is 21.6. The van der Waals surface area contributed by atoms with E-state index in [2.05, 4.69) is 4.74 Å². The molecule has 0 N–H and O–H groups in total. The molecule has 0 atom stereocenters. The van der Waals surface area contributed by atoms with Crippen LogP contribution in [-0.4, -0.2) is 17.4 Å². The Morgan fingerprint density at radius 1 is 0.935 bits per heavy atom. The number of rotatable bonds is 6. The molecule has 0 heterocycles. The number of halogens is 3.